The lowest BCUT2D eigenvalue weighted by Crippen LogP contribution is -2.45. The monoisotopic (exact) mass is 442 g/mol. The zero-order chi connectivity index (χ0) is 22.9. The highest BCUT2D eigenvalue weighted by Gasteiger charge is 2.67. The van der Waals surface area contributed by atoms with Gasteiger partial charge in [-0.3, -0.25) is 24.2 Å². The van der Waals surface area contributed by atoms with Crippen molar-refractivity contribution in [3.05, 3.63) is 71.8 Å². The van der Waals surface area contributed by atoms with Gasteiger partial charge in [-0.1, -0.05) is 35.9 Å². The first-order valence-corrected chi connectivity index (χ1v) is 11.5. The molecule has 6 heteroatoms. The molecular formula is C27H26N2O4. The molecule has 2 aromatic rings. The van der Waals surface area contributed by atoms with E-state index in [0.717, 1.165) is 12.0 Å². The summed E-state index contributed by atoms with van der Waals surface area (Å²) in [7, 11) is 1.55. The van der Waals surface area contributed by atoms with Gasteiger partial charge in [-0.05, 0) is 67.3 Å². The SMILES string of the molecule is COc1cccc(C(=O)N(CN2C(=O)[C@@H]3[C@@H]4C=C[C@H]([C@H]5C[C@@H]45)[C@@H]3C2=O)c2ccc(C)cc2)c1. The Hall–Kier alpha value is -3.41. The van der Waals surface area contributed by atoms with E-state index in [1.165, 1.54) is 9.80 Å². The summed E-state index contributed by atoms with van der Waals surface area (Å²) in [6, 6.07) is 14.5. The number of hydrogen-bond donors (Lipinski definition) is 0. The van der Waals surface area contributed by atoms with Gasteiger partial charge < -0.3 is 4.74 Å². The number of aryl methyl sites for hydroxylation is 1. The van der Waals surface area contributed by atoms with E-state index in [0.29, 0.717) is 28.8 Å². The van der Waals surface area contributed by atoms with E-state index < -0.39 is 0 Å². The van der Waals surface area contributed by atoms with Gasteiger partial charge in [0.25, 0.3) is 5.91 Å². The molecular weight excluding hydrogens is 416 g/mol. The summed E-state index contributed by atoms with van der Waals surface area (Å²) in [5, 5.41) is 0. The van der Waals surface area contributed by atoms with Crippen LogP contribution in [0.15, 0.2) is 60.7 Å². The molecule has 33 heavy (non-hydrogen) atoms. The molecule has 0 aromatic heterocycles. The summed E-state index contributed by atoms with van der Waals surface area (Å²) >= 11 is 0. The maximum absolute atomic E-state index is 13.6. The summed E-state index contributed by atoms with van der Waals surface area (Å²) < 4.78 is 5.29. The zero-order valence-corrected chi connectivity index (χ0v) is 18.7. The number of rotatable bonds is 5. The van der Waals surface area contributed by atoms with Crippen molar-refractivity contribution in [3.63, 3.8) is 0 Å². The van der Waals surface area contributed by atoms with E-state index in [-0.39, 0.29) is 48.1 Å². The summed E-state index contributed by atoms with van der Waals surface area (Å²) in [6.07, 6.45) is 5.45. The van der Waals surface area contributed by atoms with Crippen LogP contribution in [0.4, 0.5) is 5.69 Å². The number of ether oxygens (including phenoxy) is 1. The van der Waals surface area contributed by atoms with Crippen LogP contribution < -0.4 is 9.64 Å². The summed E-state index contributed by atoms with van der Waals surface area (Å²) in [4.78, 5) is 43.5. The lowest BCUT2D eigenvalue weighted by atomic mass is 9.63. The lowest BCUT2D eigenvalue weighted by Gasteiger charge is -2.37. The molecule has 1 heterocycles. The molecule has 5 aliphatic rings. The zero-order valence-electron chi connectivity index (χ0n) is 18.7. The van der Waals surface area contributed by atoms with Gasteiger partial charge in [0.2, 0.25) is 11.8 Å². The van der Waals surface area contributed by atoms with E-state index in [4.69, 9.17) is 4.74 Å². The van der Waals surface area contributed by atoms with Gasteiger partial charge in [0, 0.05) is 11.3 Å². The van der Waals surface area contributed by atoms with Crippen molar-refractivity contribution in [2.45, 2.75) is 13.3 Å². The molecule has 0 N–H and O–H groups in total. The first-order chi connectivity index (χ1) is 16.0. The fourth-order valence-corrected chi connectivity index (χ4v) is 6.20. The first kappa shape index (κ1) is 20.2. The van der Waals surface area contributed by atoms with Gasteiger partial charge in [-0.2, -0.15) is 0 Å². The van der Waals surface area contributed by atoms with E-state index in [2.05, 4.69) is 12.2 Å². The van der Waals surface area contributed by atoms with Crippen LogP contribution in [0.2, 0.25) is 0 Å². The van der Waals surface area contributed by atoms with Crippen LogP contribution in [-0.4, -0.2) is 36.4 Å². The molecule has 168 valence electrons. The maximum atomic E-state index is 13.6. The second-order valence-electron chi connectivity index (χ2n) is 9.70. The molecule has 2 aromatic carbocycles. The Morgan fingerprint density at radius 1 is 1.00 bits per heavy atom. The summed E-state index contributed by atoms with van der Waals surface area (Å²) in [5.74, 6) is 0.889. The number of nitrogens with zero attached hydrogens (tertiary/aromatic N) is 2. The second-order valence-corrected chi connectivity index (χ2v) is 9.70. The molecule has 0 spiro atoms. The minimum atomic E-state index is -0.280. The normalized spacial score (nSPS) is 30.8. The van der Waals surface area contributed by atoms with Crippen LogP contribution >= 0.6 is 0 Å². The van der Waals surface area contributed by atoms with Crippen LogP contribution in [0.1, 0.15) is 22.3 Å². The Morgan fingerprint density at radius 2 is 1.64 bits per heavy atom. The minimum absolute atomic E-state index is 0.0848. The lowest BCUT2D eigenvalue weighted by molar-refractivity contribution is -0.140. The van der Waals surface area contributed by atoms with Crippen molar-refractivity contribution < 1.29 is 19.1 Å². The number of hydrogen-bond acceptors (Lipinski definition) is 4. The van der Waals surface area contributed by atoms with Crippen molar-refractivity contribution in [2.75, 3.05) is 18.7 Å². The number of amides is 3. The van der Waals surface area contributed by atoms with Crippen LogP contribution in [0.5, 0.6) is 5.75 Å². The summed E-state index contributed by atoms with van der Waals surface area (Å²) in [5.41, 5.74) is 2.15. The Morgan fingerprint density at radius 3 is 2.24 bits per heavy atom. The molecule has 6 atom stereocenters. The van der Waals surface area contributed by atoms with E-state index in [1.807, 2.05) is 31.2 Å². The molecule has 2 bridgehead atoms. The number of allylic oxidation sites excluding steroid dienone is 2. The summed E-state index contributed by atoms with van der Waals surface area (Å²) in [6.45, 7) is 1.89. The highest BCUT2D eigenvalue weighted by atomic mass is 16.5. The predicted octanol–water partition coefficient (Wildman–Crippen LogP) is 3.66. The number of carbonyl (C=O) groups is 3. The molecule has 0 radical (unpaired) electrons. The molecule has 0 unspecified atom stereocenters. The van der Waals surface area contributed by atoms with Gasteiger partial charge in [0.05, 0.1) is 18.9 Å². The number of methoxy groups -OCH3 is 1. The molecule has 7 rings (SSSR count). The predicted molar refractivity (Wildman–Crippen MR) is 122 cm³/mol. The quantitative estimate of drug-likeness (QED) is 0.524. The average molecular weight is 443 g/mol. The fraction of sp³-hybridized carbons (Fsp3) is 0.370. The number of benzene rings is 2. The van der Waals surface area contributed by atoms with E-state index in [1.54, 1.807) is 31.4 Å². The van der Waals surface area contributed by atoms with Crippen molar-refractivity contribution in [2.24, 2.45) is 35.5 Å². The molecule has 3 amide bonds. The first-order valence-electron chi connectivity index (χ1n) is 11.5. The van der Waals surface area contributed by atoms with Gasteiger partial charge in [-0.15, -0.1) is 0 Å². The molecule has 6 nitrogen and oxygen atoms in total. The Kier molecular flexibility index (Phi) is 4.47. The number of anilines is 1. The van der Waals surface area contributed by atoms with Gasteiger partial charge in [0.1, 0.15) is 12.4 Å². The van der Waals surface area contributed by atoms with Gasteiger partial charge >= 0.3 is 0 Å². The van der Waals surface area contributed by atoms with Crippen LogP contribution in [0.25, 0.3) is 0 Å². The molecule has 3 fully saturated rings. The van der Waals surface area contributed by atoms with Crippen molar-refractivity contribution in [1.29, 1.82) is 0 Å². The topological polar surface area (TPSA) is 66.9 Å². The largest absolute Gasteiger partial charge is 0.497 e. The smallest absolute Gasteiger partial charge is 0.259 e. The number of imide groups is 1. The molecule has 4 aliphatic carbocycles. The van der Waals surface area contributed by atoms with E-state index in [9.17, 15) is 14.4 Å². The molecule has 1 aliphatic heterocycles. The highest BCUT2D eigenvalue weighted by molar-refractivity contribution is 6.10. The van der Waals surface area contributed by atoms with Gasteiger partial charge in [0.15, 0.2) is 0 Å². The highest BCUT2D eigenvalue weighted by Crippen LogP contribution is 2.65. The molecule has 2 saturated carbocycles. The number of carbonyl (C=O) groups excluding carboxylic acids is 3. The fourth-order valence-electron chi connectivity index (χ4n) is 6.20. The number of likely N-dealkylation sites (tertiary alicyclic amines) is 1. The van der Waals surface area contributed by atoms with Crippen molar-refractivity contribution >= 4 is 23.4 Å². The Balaban J connectivity index is 1.34. The van der Waals surface area contributed by atoms with E-state index >= 15 is 0 Å². The van der Waals surface area contributed by atoms with Crippen LogP contribution in [-0.2, 0) is 9.59 Å². The van der Waals surface area contributed by atoms with Crippen molar-refractivity contribution in [1.82, 2.24) is 4.90 Å². The second kappa shape index (κ2) is 7.30. The third-order valence-corrected chi connectivity index (χ3v) is 7.94. The maximum Gasteiger partial charge on any atom is 0.259 e. The Bertz CT molecular complexity index is 1150. The van der Waals surface area contributed by atoms with Gasteiger partial charge in [-0.25, -0.2) is 0 Å². The van der Waals surface area contributed by atoms with Crippen molar-refractivity contribution in [3.8, 4) is 5.75 Å². The third kappa shape index (κ3) is 3.04. The minimum Gasteiger partial charge on any atom is -0.497 e. The third-order valence-electron chi connectivity index (χ3n) is 7.94. The van der Waals surface area contributed by atoms with Crippen LogP contribution in [0.3, 0.4) is 0 Å². The molecule has 1 saturated heterocycles. The Labute approximate surface area is 192 Å². The standard InChI is InChI=1S/C27H26N2O4/c1-15-6-8-17(9-7-15)28(25(30)16-4-3-5-18(12-16)33-2)14-29-26(31)23-19-10-11-20(22-13-21(19)22)24(23)27(29)32/h3-12,19-24H,13-14H2,1-2H3/t19-,20-,21-,22+,23+,24-/m1/s1. The van der Waals surface area contributed by atoms with Crippen LogP contribution in [0, 0.1) is 42.4 Å². The average Bonchev–Trinajstić information content (AvgIpc) is 3.63.